The zero-order valence-corrected chi connectivity index (χ0v) is 15.5. The molecule has 2 rings (SSSR count). The summed E-state index contributed by atoms with van der Waals surface area (Å²) in [6.07, 6.45) is 0.830. The van der Waals surface area contributed by atoms with Crippen molar-refractivity contribution in [1.82, 2.24) is 4.31 Å². The first-order chi connectivity index (χ1) is 11.4. The molecule has 0 saturated carbocycles. The van der Waals surface area contributed by atoms with Gasteiger partial charge >= 0.3 is 0 Å². The van der Waals surface area contributed by atoms with E-state index in [1.54, 1.807) is 18.2 Å². The third-order valence-corrected chi connectivity index (χ3v) is 6.39. The lowest BCUT2D eigenvalue weighted by Gasteiger charge is -2.35. The van der Waals surface area contributed by atoms with Gasteiger partial charge in [-0.1, -0.05) is 6.92 Å². The van der Waals surface area contributed by atoms with E-state index in [2.05, 4.69) is 6.92 Å². The van der Waals surface area contributed by atoms with Crippen molar-refractivity contribution >= 4 is 10.0 Å². The summed E-state index contributed by atoms with van der Waals surface area (Å²) in [7, 11) is -3.56. The predicted molar refractivity (Wildman–Crippen MR) is 93.9 cm³/mol. The van der Waals surface area contributed by atoms with Gasteiger partial charge in [0, 0.05) is 19.2 Å². The van der Waals surface area contributed by atoms with Crippen LogP contribution >= 0.6 is 0 Å². The van der Waals surface area contributed by atoms with Gasteiger partial charge in [-0.25, -0.2) is 8.42 Å². The van der Waals surface area contributed by atoms with E-state index in [-0.39, 0.29) is 10.8 Å². The second-order valence-corrected chi connectivity index (χ2v) is 8.04. The van der Waals surface area contributed by atoms with Gasteiger partial charge in [0.1, 0.15) is 0 Å². The summed E-state index contributed by atoms with van der Waals surface area (Å²) in [5.74, 6) is 1.66. The maximum atomic E-state index is 13.0. The minimum atomic E-state index is -3.56. The highest BCUT2D eigenvalue weighted by Crippen LogP contribution is 2.33. The molecule has 0 spiro atoms. The molecule has 2 unspecified atom stereocenters. The maximum Gasteiger partial charge on any atom is 0.243 e. The average molecular weight is 356 g/mol. The van der Waals surface area contributed by atoms with E-state index < -0.39 is 10.0 Å². The summed E-state index contributed by atoms with van der Waals surface area (Å²) < 4.78 is 38.5. The molecule has 0 radical (unpaired) electrons. The summed E-state index contributed by atoms with van der Waals surface area (Å²) in [6.45, 7) is 8.30. The number of hydrogen-bond donors (Lipinski definition) is 1. The van der Waals surface area contributed by atoms with Crippen molar-refractivity contribution in [3.63, 3.8) is 0 Å². The van der Waals surface area contributed by atoms with Gasteiger partial charge in [0.2, 0.25) is 10.0 Å². The first-order valence-corrected chi connectivity index (χ1v) is 9.97. The quantitative estimate of drug-likeness (QED) is 0.809. The molecule has 2 atom stereocenters. The molecular weight excluding hydrogens is 328 g/mol. The standard InChI is InChI=1S/C17H28N2O4S/c1-4-22-16-7-6-15(10-17(16)23-5-2)24(20,21)19-9-8-13(3)14(11-18)12-19/h6-7,10,13-14H,4-5,8-9,11-12,18H2,1-3H3. The number of nitrogens with two attached hydrogens (primary N) is 1. The molecule has 24 heavy (non-hydrogen) atoms. The molecule has 1 aromatic carbocycles. The van der Waals surface area contributed by atoms with E-state index in [9.17, 15) is 8.42 Å². The highest BCUT2D eigenvalue weighted by molar-refractivity contribution is 7.89. The largest absolute Gasteiger partial charge is 0.490 e. The summed E-state index contributed by atoms with van der Waals surface area (Å²) in [6, 6.07) is 4.80. The second kappa shape index (κ2) is 8.18. The van der Waals surface area contributed by atoms with Crippen LogP contribution in [-0.4, -0.2) is 45.6 Å². The molecule has 1 aromatic rings. The summed E-state index contributed by atoms with van der Waals surface area (Å²) >= 11 is 0. The topological polar surface area (TPSA) is 81.9 Å². The first kappa shape index (κ1) is 19.0. The highest BCUT2D eigenvalue weighted by atomic mass is 32.2. The Labute approximate surface area is 145 Å². The molecule has 1 aliphatic heterocycles. The fourth-order valence-corrected chi connectivity index (χ4v) is 4.51. The average Bonchev–Trinajstić information content (AvgIpc) is 2.57. The zero-order valence-electron chi connectivity index (χ0n) is 14.7. The molecule has 0 aromatic heterocycles. The van der Waals surface area contributed by atoms with Crippen LogP contribution in [0.2, 0.25) is 0 Å². The predicted octanol–water partition coefficient (Wildman–Crippen LogP) is 2.09. The van der Waals surface area contributed by atoms with Gasteiger partial charge in [-0.15, -0.1) is 0 Å². The molecule has 1 aliphatic rings. The van der Waals surface area contributed by atoms with Gasteiger partial charge in [-0.3, -0.25) is 0 Å². The number of rotatable bonds is 7. The zero-order chi connectivity index (χ0) is 17.7. The number of ether oxygens (including phenoxy) is 2. The number of piperidine rings is 1. The van der Waals surface area contributed by atoms with Crippen molar-refractivity contribution in [2.45, 2.75) is 32.1 Å². The van der Waals surface area contributed by atoms with Gasteiger partial charge in [-0.05, 0) is 50.8 Å². The van der Waals surface area contributed by atoms with Gasteiger partial charge in [0.05, 0.1) is 18.1 Å². The second-order valence-electron chi connectivity index (χ2n) is 6.10. The molecule has 6 nitrogen and oxygen atoms in total. The lowest BCUT2D eigenvalue weighted by molar-refractivity contribution is 0.203. The van der Waals surface area contributed by atoms with Crippen molar-refractivity contribution in [2.24, 2.45) is 17.6 Å². The van der Waals surface area contributed by atoms with Crippen LogP contribution in [0.25, 0.3) is 0 Å². The molecule has 0 aliphatic carbocycles. The Morgan fingerprint density at radius 3 is 2.50 bits per heavy atom. The van der Waals surface area contributed by atoms with Crippen molar-refractivity contribution in [1.29, 1.82) is 0 Å². The van der Waals surface area contributed by atoms with Crippen LogP contribution in [-0.2, 0) is 10.0 Å². The Morgan fingerprint density at radius 2 is 1.88 bits per heavy atom. The maximum absolute atomic E-state index is 13.0. The van der Waals surface area contributed by atoms with Crippen molar-refractivity contribution in [3.8, 4) is 11.5 Å². The molecule has 0 bridgehead atoms. The van der Waals surface area contributed by atoms with Crippen LogP contribution < -0.4 is 15.2 Å². The van der Waals surface area contributed by atoms with Crippen molar-refractivity contribution in [2.75, 3.05) is 32.8 Å². The normalized spacial score (nSPS) is 22.3. The smallest absolute Gasteiger partial charge is 0.243 e. The third-order valence-electron chi connectivity index (χ3n) is 4.53. The molecule has 1 fully saturated rings. The Bertz CT molecular complexity index is 648. The molecule has 0 amide bonds. The van der Waals surface area contributed by atoms with Crippen molar-refractivity contribution < 1.29 is 17.9 Å². The van der Waals surface area contributed by atoms with Crippen molar-refractivity contribution in [3.05, 3.63) is 18.2 Å². The lowest BCUT2D eigenvalue weighted by Crippen LogP contribution is -2.45. The third kappa shape index (κ3) is 4.02. The lowest BCUT2D eigenvalue weighted by atomic mass is 9.88. The number of nitrogens with zero attached hydrogens (tertiary/aromatic N) is 1. The van der Waals surface area contributed by atoms with Crippen LogP contribution in [0.1, 0.15) is 27.2 Å². The van der Waals surface area contributed by atoms with E-state index in [0.717, 1.165) is 6.42 Å². The number of sulfonamides is 1. The summed E-state index contributed by atoms with van der Waals surface area (Å²) in [5, 5.41) is 0. The summed E-state index contributed by atoms with van der Waals surface area (Å²) in [5.41, 5.74) is 5.80. The SMILES string of the molecule is CCOc1ccc(S(=O)(=O)N2CCC(C)C(CN)C2)cc1OCC. The number of benzene rings is 1. The Hall–Kier alpha value is -1.31. The molecule has 1 saturated heterocycles. The first-order valence-electron chi connectivity index (χ1n) is 8.53. The van der Waals surface area contributed by atoms with E-state index in [4.69, 9.17) is 15.2 Å². The molecule has 1 heterocycles. The molecule has 2 N–H and O–H groups in total. The monoisotopic (exact) mass is 356 g/mol. The van der Waals surface area contributed by atoms with Gasteiger partial charge < -0.3 is 15.2 Å². The minimum Gasteiger partial charge on any atom is -0.490 e. The Morgan fingerprint density at radius 1 is 1.21 bits per heavy atom. The van der Waals surface area contributed by atoms with Gasteiger partial charge in [-0.2, -0.15) is 4.31 Å². The Balaban J connectivity index is 2.30. The molecular formula is C17H28N2O4S. The summed E-state index contributed by atoms with van der Waals surface area (Å²) in [4.78, 5) is 0.236. The van der Waals surface area contributed by atoms with Gasteiger partial charge in [0.15, 0.2) is 11.5 Å². The van der Waals surface area contributed by atoms with Crippen LogP contribution in [0, 0.1) is 11.8 Å². The van der Waals surface area contributed by atoms with E-state index in [1.807, 2.05) is 13.8 Å². The fourth-order valence-electron chi connectivity index (χ4n) is 2.98. The minimum absolute atomic E-state index is 0.197. The highest BCUT2D eigenvalue weighted by Gasteiger charge is 2.33. The molecule has 136 valence electrons. The fraction of sp³-hybridized carbons (Fsp3) is 0.647. The van der Waals surface area contributed by atoms with E-state index >= 15 is 0 Å². The van der Waals surface area contributed by atoms with Crippen LogP contribution in [0.5, 0.6) is 11.5 Å². The van der Waals surface area contributed by atoms with Gasteiger partial charge in [0.25, 0.3) is 0 Å². The Kier molecular flexibility index (Phi) is 6.48. The van der Waals surface area contributed by atoms with E-state index in [0.29, 0.717) is 50.3 Å². The number of hydrogen-bond acceptors (Lipinski definition) is 5. The van der Waals surface area contributed by atoms with E-state index in [1.165, 1.54) is 4.31 Å². The van der Waals surface area contributed by atoms with Crippen LogP contribution in [0.3, 0.4) is 0 Å². The van der Waals surface area contributed by atoms with Crippen LogP contribution in [0.4, 0.5) is 0 Å². The molecule has 7 heteroatoms. The van der Waals surface area contributed by atoms with Crippen LogP contribution in [0.15, 0.2) is 23.1 Å².